The van der Waals surface area contributed by atoms with Gasteiger partial charge in [0.1, 0.15) is 0 Å². The van der Waals surface area contributed by atoms with Crippen LogP contribution in [0.2, 0.25) is 0 Å². The van der Waals surface area contributed by atoms with Crippen LogP contribution < -0.4 is 10.2 Å². The second-order valence-corrected chi connectivity index (χ2v) is 5.04. The van der Waals surface area contributed by atoms with Gasteiger partial charge in [-0.15, -0.1) is 0 Å². The number of anilines is 1. The maximum atomic E-state index is 4.57. The highest BCUT2D eigenvalue weighted by Crippen LogP contribution is 2.27. The minimum atomic E-state index is 0.590. The molecule has 3 rings (SSSR count). The summed E-state index contributed by atoms with van der Waals surface area (Å²) < 4.78 is 0. The number of pyridine rings is 1. The SMILES string of the molecule is Cc1c(N(C)[C@H]2CCNC2)cnc2ccccc12. The van der Waals surface area contributed by atoms with Crippen molar-refractivity contribution in [1.29, 1.82) is 0 Å². The van der Waals surface area contributed by atoms with E-state index in [9.17, 15) is 0 Å². The van der Waals surface area contributed by atoms with Crippen molar-refractivity contribution in [3.8, 4) is 0 Å². The molecule has 0 unspecified atom stereocenters. The van der Waals surface area contributed by atoms with Gasteiger partial charge in [-0.2, -0.15) is 0 Å². The van der Waals surface area contributed by atoms with E-state index in [2.05, 4.69) is 47.4 Å². The molecule has 1 aromatic carbocycles. The molecular weight excluding hydrogens is 222 g/mol. The van der Waals surface area contributed by atoms with E-state index in [0.717, 1.165) is 18.6 Å². The van der Waals surface area contributed by atoms with Gasteiger partial charge in [0.05, 0.1) is 17.4 Å². The van der Waals surface area contributed by atoms with Gasteiger partial charge in [-0.25, -0.2) is 0 Å². The first kappa shape index (κ1) is 11.5. The molecule has 1 atom stereocenters. The summed E-state index contributed by atoms with van der Waals surface area (Å²) in [4.78, 5) is 6.94. The smallest absolute Gasteiger partial charge is 0.0706 e. The summed E-state index contributed by atoms with van der Waals surface area (Å²) in [7, 11) is 2.18. The Balaban J connectivity index is 2.03. The molecule has 18 heavy (non-hydrogen) atoms. The van der Waals surface area contributed by atoms with Crippen molar-refractivity contribution in [1.82, 2.24) is 10.3 Å². The van der Waals surface area contributed by atoms with Gasteiger partial charge >= 0.3 is 0 Å². The average molecular weight is 241 g/mol. The fourth-order valence-electron chi connectivity index (χ4n) is 2.79. The van der Waals surface area contributed by atoms with Crippen molar-refractivity contribution in [2.45, 2.75) is 19.4 Å². The Labute approximate surface area is 108 Å². The molecule has 1 fully saturated rings. The number of nitrogens with zero attached hydrogens (tertiary/aromatic N) is 2. The van der Waals surface area contributed by atoms with Gasteiger partial charge in [-0.05, 0) is 31.5 Å². The predicted octanol–water partition coefficient (Wildman–Crippen LogP) is 2.34. The molecule has 1 saturated heterocycles. The first-order valence-electron chi connectivity index (χ1n) is 6.55. The molecule has 0 bridgehead atoms. The largest absolute Gasteiger partial charge is 0.369 e. The molecule has 1 aromatic heterocycles. The predicted molar refractivity (Wildman–Crippen MR) is 76.2 cm³/mol. The number of rotatable bonds is 2. The Morgan fingerprint density at radius 1 is 1.33 bits per heavy atom. The van der Waals surface area contributed by atoms with Crippen LogP contribution in [0.25, 0.3) is 10.9 Å². The Bertz CT molecular complexity index is 559. The van der Waals surface area contributed by atoms with E-state index in [0.29, 0.717) is 6.04 Å². The lowest BCUT2D eigenvalue weighted by molar-refractivity contribution is 0.683. The summed E-state index contributed by atoms with van der Waals surface area (Å²) in [5.74, 6) is 0. The lowest BCUT2D eigenvalue weighted by atomic mass is 10.1. The molecule has 0 radical (unpaired) electrons. The zero-order valence-corrected chi connectivity index (χ0v) is 11.0. The van der Waals surface area contributed by atoms with Crippen molar-refractivity contribution < 1.29 is 0 Å². The maximum Gasteiger partial charge on any atom is 0.0706 e. The molecule has 1 aliphatic rings. The zero-order valence-electron chi connectivity index (χ0n) is 11.0. The average Bonchev–Trinajstić information content (AvgIpc) is 2.93. The van der Waals surface area contributed by atoms with E-state index in [1.807, 2.05) is 12.3 Å². The van der Waals surface area contributed by atoms with Gasteiger partial charge in [0.15, 0.2) is 0 Å². The zero-order chi connectivity index (χ0) is 12.5. The normalized spacial score (nSPS) is 19.3. The van der Waals surface area contributed by atoms with E-state index in [1.165, 1.54) is 23.1 Å². The number of hydrogen-bond donors (Lipinski definition) is 1. The number of benzene rings is 1. The maximum absolute atomic E-state index is 4.57. The van der Waals surface area contributed by atoms with Gasteiger partial charge in [0.25, 0.3) is 0 Å². The van der Waals surface area contributed by atoms with Crippen LogP contribution >= 0.6 is 0 Å². The van der Waals surface area contributed by atoms with Gasteiger partial charge in [0, 0.05) is 25.0 Å². The Kier molecular flexibility index (Phi) is 2.92. The van der Waals surface area contributed by atoms with Crippen LogP contribution in [0.15, 0.2) is 30.5 Å². The number of fused-ring (bicyclic) bond motifs is 1. The number of aryl methyl sites for hydroxylation is 1. The highest BCUT2D eigenvalue weighted by atomic mass is 15.2. The van der Waals surface area contributed by atoms with Crippen LogP contribution in [0.3, 0.4) is 0 Å². The van der Waals surface area contributed by atoms with Crippen LogP contribution in [0.4, 0.5) is 5.69 Å². The monoisotopic (exact) mass is 241 g/mol. The van der Waals surface area contributed by atoms with Crippen molar-refractivity contribution in [3.05, 3.63) is 36.0 Å². The van der Waals surface area contributed by atoms with E-state index in [4.69, 9.17) is 0 Å². The number of para-hydroxylation sites is 1. The fraction of sp³-hybridized carbons (Fsp3) is 0.400. The van der Waals surface area contributed by atoms with Crippen LogP contribution in [-0.4, -0.2) is 31.2 Å². The first-order chi connectivity index (χ1) is 8.77. The molecule has 0 amide bonds. The summed E-state index contributed by atoms with van der Waals surface area (Å²) in [5, 5.41) is 4.67. The van der Waals surface area contributed by atoms with Crippen LogP contribution in [0.5, 0.6) is 0 Å². The summed E-state index contributed by atoms with van der Waals surface area (Å²) in [6.07, 6.45) is 3.22. The topological polar surface area (TPSA) is 28.2 Å². The third-order valence-corrected chi connectivity index (χ3v) is 3.98. The second-order valence-electron chi connectivity index (χ2n) is 5.04. The molecule has 0 saturated carbocycles. The highest BCUT2D eigenvalue weighted by Gasteiger charge is 2.21. The second kappa shape index (κ2) is 4.58. The minimum Gasteiger partial charge on any atom is -0.369 e. The molecule has 3 nitrogen and oxygen atoms in total. The molecule has 0 aliphatic carbocycles. The Hall–Kier alpha value is -1.61. The third-order valence-electron chi connectivity index (χ3n) is 3.98. The summed E-state index contributed by atoms with van der Waals surface area (Å²) in [5.41, 5.74) is 3.66. The van der Waals surface area contributed by atoms with Gasteiger partial charge < -0.3 is 10.2 Å². The summed E-state index contributed by atoms with van der Waals surface area (Å²) in [6.45, 7) is 4.38. The molecule has 2 aromatic rings. The van der Waals surface area contributed by atoms with Crippen LogP contribution in [0.1, 0.15) is 12.0 Å². The molecule has 1 aliphatic heterocycles. The van der Waals surface area contributed by atoms with E-state index >= 15 is 0 Å². The van der Waals surface area contributed by atoms with Crippen LogP contribution in [-0.2, 0) is 0 Å². The molecule has 94 valence electrons. The quantitative estimate of drug-likeness (QED) is 0.874. The van der Waals surface area contributed by atoms with Crippen molar-refractivity contribution in [2.75, 3.05) is 25.0 Å². The van der Waals surface area contributed by atoms with E-state index in [1.54, 1.807) is 0 Å². The minimum absolute atomic E-state index is 0.590. The van der Waals surface area contributed by atoms with Crippen molar-refractivity contribution >= 4 is 16.6 Å². The lowest BCUT2D eigenvalue weighted by Gasteiger charge is -2.27. The van der Waals surface area contributed by atoms with Gasteiger partial charge in [-0.1, -0.05) is 18.2 Å². The summed E-state index contributed by atoms with van der Waals surface area (Å²) >= 11 is 0. The number of hydrogen-bond acceptors (Lipinski definition) is 3. The standard InChI is InChI=1S/C15H19N3/c1-11-13-5-3-4-6-14(13)17-10-15(11)18(2)12-7-8-16-9-12/h3-6,10,12,16H,7-9H2,1-2H3/t12-/m0/s1. The summed E-state index contributed by atoms with van der Waals surface area (Å²) in [6, 6.07) is 8.94. The third kappa shape index (κ3) is 1.85. The van der Waals surface area contributed by atoms with E-state index < -0.39 is 0 Å². The molecular formula is C15H19N3. The van der Waals surface area contributed by atoms with Crippen molar-refractivity contribution in [3.63, 3.8) is 0 Å². The van der Waals surface area contributed by atoms with Crippen molar-refractivity contribution in [2.24, 2.45) is 0 Å². The molecule has 3 heteroatoms. The molecule has 2 heterocycles. The molecule has 0 spiro atoms. The Morgan fingerprint density at radius 2 is 2.17 bits per heavy atom. The number of likely N-dealkylation sites (N-methyl/N-ethyl adjacent to an activating group) is 1. The number of nitrogens with one attached hydrogen (secondary N) is 1. The van der Waals surface area contributed by atoms with Crippen LogP contribution in [0, 0.1) is 6.92 Å². The Morgan fingerprint density at radius 3 is 2.94 bits per heavy atom. The molecule has 1 N–H and O–H groups in total. The fourth-order valence-corrected chi connectivity index (χ4v) is 2.79. The number of aromatic nitrogens is 1. The van der Waals surface area contributed by atoms with Gasteiger partial charge in [-0.3, -0.25) is 4.98 Å². The highest BCUT2D eigenvalue weighted by molar-refractivity contribution is 5.86. The van der Waals surface area contributed by atoms with Gasteiger partial charge in [0.2, 0.25) is 0 Å². The van der Waals surface area contributed by atoms with E-state index in [-0.39, 0.29) is 0 Å². The lowest BCUT2D eigenvalue weighted by Crippen LogP contribution is -2.33. The first-order valence-corrected chi connectivity index (χ1v) is 6.55.